The number of carboxylic acids is 4. The van der Waals surface area contributed by atoms with Gasteiger partial charge in [0, 0.05) is 35.8 Å². The van der Waals surface area contributed by atoms with Gasteiger partial charge in [-0.15, -0.1) is 0 Å². The summed E-state index contributed by atoms with van der Waals surface area (Å²) in [6, 6.07) is 12.4. The van der Waals surface area contributed by atoms with Gasteiger partial charge in [-0.05, 0) is 62.5 Å². The van der Waals surface area contributed by atoms with E-state index in [0.29, 0.717) is 0 Å². The lowest BCUT2D eigenvalue weighted by Crippen LogP contribution is -2.51. The molecule has 5 N–H and O–H groups in total. The highest BCUT2D eigenvalue weighted by Gasteiger charge is 2.35. The molecule has 1 saturated heterocycles. The van der Waals surface area contributed by atoms with Gasteiger partial charge in [-0.1, -0.05) is 24.3 Å². The Kier molecular flexibility index (Phi) is 11.0. The Labute approximate surface area is 218 Å². The Bertz CT molecular complexity index is 1110. The molecule has 0 amide bonds. The normalized spacial score (nSPS) is 18.9. The van der Waals surface area contributed by atoms with Crippen molar-refractivity contribution in [2.24, 2.45) is 5.92 Å². The molecule has 2 aliphatic rings. The number of hydrogen-bond donors (Lipinski definition) is 5. The zero-order valence-corrected chi connectivity index (χ0v) is 20.7. The van der Waals surface area contributed by atoms with Crippen LogP contribution in [0.1, 0.15) is 40.0 Å². The molecule has 1 aromatic carbocycles. The fourth-order valence-corrected chi connectivity index (χ4v) is 4.39. The number of Topliss-reactive ketones (excluding diaryl/α,β-unsaturated/α-hetero) is 1. The summed E-state index contributed by atoms with van der Waals surface area (Å²) in [6.45, 7) is 3.68. The van der Waals surface area contributed by atoms with Crippen LogP contribution in [0.3, 0.4) is 0 Å². The highest BCUT2D eigenvalue weighted by atomic mass is 16.4. The molecule has 0 unspecified atom stereocenters. The van der Waals surface area contributed by atoms with Crippen LogP contribution in [0.15, 0.2) is 42.6 Å². The van der Waals surface area contributed by atoms with Crippen molar-refractivity contribution < 1.29 is 49.5 Å². The number of pyridine rings is 1. The number of likely N-dealkylation sites (tertiary alicyclic amines) is 1. The van der Waals surface area contributed by atoms with E-state index in [-0.39, 0.29) is 23.8 Å². The molecule has 1 fully saturated rings. The molecular weight excluding hydrogens is 500 g/mol. The first kappa shape index (κ1) is 30.1. The average molecular weight is 531 g/mol. The van der Waals surface area contributed by atoms with Crippen molar-refractivity contribution in [2.45, 2.75) is 44.8 Å². The Balaban J connectivity index is 0.000000355. The number of benzene rings is 1. The molecule has 12 heteroatoms. The predicted molar refractivity (Wildman–Crippen MR) is 132 cm³/mol. The number of carbonyl (C=O) groups excluding carboxylic acids is 1. The van der Waals surface area contributed by atoms with Crippen molar-refractivity contribution in [3.8, 4) is 0 Å². The van der Waals surface area contributed by atoms with Gasteiger partial charge in [0.1, 0.15) is 0 Å². The highest BCUT2D eigenvalue weighted by Crippen LogP contribution is 2.29. The van der Waals surface area contributed by atoms with Crippen LogP contribution >= 0.6 is 0 Å². The molecule has 0 radical (unpaired) electrons. The lowest BCUT2D eigenvalue weighted by Gasteiger charge is -2.41. The number of hydrogen-bond acceptors (Lipinski definition) is 8. The van der Waals surface area contributed by atoms with E-state index in [1.807, 2.05) is 25.1 Å². The van der Waals surface area contributed by atoms with E-state index in [2.05, 4.69) is 28.1 Å². The number of rotatable bonds is 3. The molecule has 204 valence electrons. The number of aliphatic carboxylic acids is 4. The van der Waals surface area contributed by atoms with Crippen molar-refractivity contribution in [3.63, 3.8) is 0 Å². The monoisotopic (exact) mass is 530 g/mol. The van der Waals surface area contributed by atoms with Crippen LogP contribution in [0.5, 0.6) is 0 Å². The van der Waals surface area contributed by atoms with Gasteiger partial charge < -0.3 is 25.5 Å². The van der Waals surface area contributed by atoms with Crippen LogP contribution in [0.2, 0.25) is 0 Å². The van der Waals surface area contributed by atoms with Gasteiger partial charge in [0.15, 0.2) is 5.78 Å². The summed E-state index contributed by atoms with van der Waals surface area (Å²) in [5, 5.41) is 40.2. The molecule has 0 bridgehead atoms. The summed E-state index contributed by atoms with van der Waals surface area (Å²) in [4.78, 5) is 55.7. The molecule has 0 spiro atoms. The molecule has 4 rings (SSSR count). The number of aliphatic hydroxyl groups is 1. The average Bonchev–Trinajstić information content (AvgIpc) is 2.89. The van der Waals surface area contributed by atoms with E-state index in [9.17, 15) is 9.90 Å². The molecule has 1 aromatic heterocycles. The first-order valence-electron chi connectivity index (χ1n) is 11.8. The predicted octanol–water partition coefficient (Wildman–Crippen LogP) is 1.12. The minimum Gasteiger partial charge on any atom is -0.473 e. The number of ketones is 1. The number of aliphatic hydroxyl groups excluding tert-OH is 1. The third-order valence-corrected chi connectivity index (χ3v) is 6.35. The van der Waals surface area contributed by atoms with Gasteiger partial charge in [0.2, 0.25) is 0 Å². The fraction of sp³-hybridized carbons (Fsp3) is 0.385. The second-order valence-electron chi connectivity index (χ2n) is 8.90. The number of carboxylic acid groups (broad SMARTS) is 4. The van der Waals surface area contributed by atoms with Gasteiger partial charge >= 0.3 is 23.9 Å². The van der Waals surface area contributed by atoms with E-state index in [1.165, 1.54) is 11.1 Å². The largest absolute Gasteiger partial charge is 0.473 e. The Hall–Kier alpha value is -4.16. The molecular formula is C26H30N2O10. The second kappa shape index (κ2) is 14.0. The third kappa shape index (κ3) is 8.75. The van der Waals surface area contributed by atoms with E-state index in [4.69, 9.17) is 39.6 Å². The van der Waals surface area contributed by atoms with Crippen LogP contribution in [-0.2, 0) is 32.0 Å². The summed E-state index contributed by atoms with van der Waals surface area (Å²) < 4.78 is 0. The third-order valence-electron chi connectivity index (χ3n) is 6.35. The zero-order chi connectivity index (χ0) is 28.4. The number of piperidine rings is 1. The smallest absolute Gasteiger partial charge is 0.414 e. The minimum absolute atomic E-state index is 0.0729. The Morgan fingerprint density at radius 1 is 0.789 bits per heavy atom. The molecule has 12 nitrogen and oxygen atoms in total. The Morgan fingerprint density at radius 3 is 1.74 bits per heavy atom. The van der Waals surface area contributed by atoms with Crippen molar-refractivity contribution in [1.29, 1.82) is 0 Å². The maximum atomic E-state index is 12.7. The maximum absolute atomic E-state index is 12.7. The van der Waals surface area contributed by atoms with Crippen LogP contribution in [-0.4, -0.2) is 90.3 Å². The van der Waals surface area contributed by atoms with Gasteiger partial charge in [-0.25, -0.2) is 19.2 Å². The first-order valence-corrected chi connectivity index (χ1v) is 11.8. The zero-order valence-electron chi connectivity index (χ0n) is 20.7. The summed E-state index contributed by atoms with van der Waals surface area (Å²) >= 11 is 0. The van der Waals surface area contributed by atoms with Crippen molar-refractivity contribution >= 4 is 29.7 Å². The summed E-state index contributed by atoms with van der Waals surface area (Å²) in [5.74, 6) is -7.01. The Morgan fingerprint density at radius 2 is 1.29 bits per heavy atom. The second-order valence-corrected chi connectivity index (χ2v) is 8.90. The standard InChI is InChI=1S/C22H26N2O2.2C2H2O4/c1-15-6-7-19(14-23-15)22(26)16-8-10-24(11-9-16)20-12-17-4-2-3-5-18(17)13-21(20)25;2*3-1(4)2(5)6/h2-7,14,16,20-21,25H,8-13H2,1H3;2*(H,3,4)(H,5,6)/t20-,21-;;/m0../s1. The number of aryl methyl sites for hydroxylation is 1. The topological polar surface area (TPSA) is 203 Å². The number of nitrogens with zero attached hydrogens (tertiary/aromatic N) is 2. The molecule has 38 heavy (non-hydrogen) atoms. The quantitative estimate of drug-likeness (QED) is 0.280. The first-order chi connectivity index (χ1) is 17.9. The van der Waals surface area contributed by atoms with Crippen LogP contribution in [0.25, 0.3) is 0 Å². The van der Waals surface area contributed by atoms with Crippen molar-refractivity contribution in [2.75, 3.05) is 13.1 Å². The van der Waals surface area contributed by atoms with Gasteiger partial charge in [-0.3, -0.25) is 14.7 Å². The van der Waals surface area contributed by atoms with E-state index in [1.54, 1.807) is 6.20 Å². The molecule has 1 aliphatic carbocycles. The van der Waals surface area contributed by atoms with Crippen LogP contribution < -0.4 is 0 Å². The summed E-state index contributed by atoms with van der Waals surface area (Å²) in [7, 11) is 0. The molecule has 2 atom stereocenters. The summed E-state index contributed by atoms with van der Waals surface area (Å²) in [5.41, 5.74) is 4.28. The van der Waals surface area contributed by atoms with E-state index < -0.39 is 23.9 Å². The molecule has 2 aromatic rings. The van der Waals surface area contributed by atoms with Crippen molar-refractivity contribution in [1.82, 2.24) is 9.88 Å². The van der Waals surface area contributed by atoms with Gasteiger partial charge in [0.25, 0.3) is 0 Å². The van der Waals surface area contributed by atoms with Gasteiger partial charge in [0.05, 0.1) is 6.10 Å². The number of aromatic nitrogens is 1. The van der Waals surface area contributed by atoms with Crippen LogP contribution in [0.4, 0.5) is 0 Å². The SMILES string of the molecule is Cc1ccc(C(=O)C2CCN([C@H]3Cc4ccccc4C[C@@H]3O)CC2)cn1.O=C(O)C(=O)O.O=C(O)C(=O)O. The molecule has 1 aliphatic heterocycles. The number of fused-ring (bicyclic) bond motifs is 1. The maximum Gasteiger partial charge on any atom is 0.414 e. The lowest BCUT2D eigenvalue weighted by molar-refractivity contribution is -0.159. The fourth-order valence-electron chi connectivity index (χ4n) is 4.39. The minimum atomic E-state index is -1.82. The van der Waals surface area contributed by atoms with E-state index in [0.717, 1.165) is 50.0 Å². The highest BCUT2D eigenvalue weighted by molar-refractivity contribution is 6.27. The summed E-state index contributed by atoms with van der Waals surface area (Å²) in [6.07, 6.45) is 4.73. The van der Waals surface area contributed by atoms with Crippen molar-refractivity contribution in [3.05, 3.63) is 65.0 Å². The molecule has 0 saturated carbocycles. The van der Waals surface area contributed by atoms with Gasteiger partial charge in [-0.2, -0.15) is 0 Å². The lowest BCUT2D eigenvalue weighted by atomic mass is 9.83. The number of carbonyl (C=O) groups is 5. The molecule has 2 heterocycles. The van der Waals surface area contributed by atoms with E-state index >= 15 is 0 Å². The van der Waals surface area contributed by atoms with Crippen LogP contribution in [0, 0.1) is 12.8 Å².